The first-order valence-corrected chi connectivity index (χ1v) is 11.9. The number of benzene rings is 4. The highest BCUT2D eigenvalue weighted by molar-refractivity contribution is 5.98. The van der Waals surface area contributed by atoms with Crippen molar-refractivity contribution in [2.24, 2.45) is 0 Å². The fraction of sp³-hybridized carbons (Fsp3) is 0.200. The molecule has 0 N–H and O–H groups in total. The molecular formula is C30H27N3O. The summed E-state index contributed by atoms with van der Waals surface area (Å²) in [5.74, 6) is 0.113. The maximum atomic E-state index is 13.8. The summed E-state index contributed by atoms with van der Waals surface area (Å²) in [5, 5.41) is 15.5. The van der Waals surface area contributed by atoms with Crippen LogP contribution in [0.2, 0.25) is 0 Å². The van der Waals surface area contributed by atoms with Gasteiger partial charge in [-0.2, -0.15) is 5.26 Å². The lowest BCUT2D eigenvalue weighted by Crippen LogP contribution is -2.51. The first kappa shape index (κ1) is 21.7. The van der Waals surface area contributed by atoms with E-state index < -0.39 is 0 Å². The van der Waals surface area contributed by atoms with Crippen molar-refractivity contribution in [3.8, 4) is 6.07 Å². The molecule has 0 unspecified atom stereocenters. The second-order valence-corrected chi connectivity index (χ2v) is 8.71. The Kier molecular flexibility index (Phi) is 6.27. The number of carbonyl (C=O) groups is 1. The van der Waals surface area contributed by atoms with Crippen LogP contribution in [0.25, 0.3) is 10.8 Å². The lowest BCUT2D eigenvalue weighted by atomic mass is 9.88. The van der Waals surface area contributed by atoms with Gasteiger partial charge in [-0.3, -0.25) is 14.8 Å². The Hall–Kier alpha value is -4.10. The van der Waals surface area contributed by atoms with Gasteiger partial charge in [-0.05, 0) is 36.1 Å². The molecule has 1 heterocycles. The smallest absolute Gasteiger partial charge is 0.242 e. The normalized spacial score (nSPS) is 13.8. The van der Waals surface area contributed by atoms with Crippen LogP contribution >= 0.6 is 0 Å². The third kappa shape index (κ3) is 4.25. The van der Waals surface area contributed by atoms with Crippen molar-refractivity contribution < 1.29 is 4.79 Å². The number of carbonyl (C=O) groups excluding carboxylic acids is 1. The molecule has 0 aromatic heterocycles. The van der Waals surface area contributed by atoms with E-state index in [1.807, 2.05) is 77.8 Å². The Balaban J connectivity index is 1.49. The van der Waals surface area contributed by atoms with Crippen molar-refractivity contribution in [3.05, 3.63) is 114 Å². The number of amides is 1. The molecule has 0 atom stereocenters. The molecule has 0 radical (unpaired) electrons. The summed E-state index contributed by atoms with van der Waals surface area (Å²) in [7, 11) is 0. The zero-order valence-corrected chi connectivity index (χ0v) is 19.1. The van der Waals surface area contributed by atoms with Gasteiger partial charge in [0.15, 0.2) is 0 Å². The summed E-state index contributed by atoms with van der Waals surface area (Å²) in [6, 6.07) is 34.7. The molecular weight excluding hydrogens is 418 g/mol. The second-order valence-electron chi connectivity index (χ2n) is 8.71. The Morgan fingerprint density at radius 2 is 1.35 bits per heavy atom. The quantitative estimate of drug-likeness (QED) is 0.363. The van der Waals surface area contributed by atoms with E-state index in [-0.39, 0.29) is 11.8 Å². The van der Waals surface area contributed by atoms with Crippen LogP contribution < -0.4 is 5.01 Å². The van der Waals surface area contributed by atoms with Crippen LogP contribution in [0.3, 0.4) is 0 Å². The molecule has 0 saturated carbocycles. The molecule has 1 saturated heterocycles. The van der Waals surface area contributed by atoms with Crippen LogP contribution in [0.15, 0.2) is 97.1 Å². The largest absolute Gasteiger partial charge is 0.282 e. The summed E-state index contributed by atoms with van der Waals surface area (Å²) >= 11 is 0. The molecule has 5 rings (SSSR count). The highest BCUT2D eigenvalue weighted by Crippen LogP contribution is 2.34. The number of rotatable bonds is 5. The van der Waals surface area contributed by atoms with Gasteiger partial charge in [0.25, 0.3) is 0 Å². The molecule has 1 amide bonds. The predicted octanol–water partition coefficient (Wildman–Crippen LogP) is 6.28. The number of nitrogens with zero attached hydrogens (tertiary/aromatic N) is 3. The van der Waals surface area contributed by atoms with Gasteiger partial charge in [0.05, 0.1) is 17.3 Å². The maximum absolute atomic E-state index is 13.8. The highest BCUT2D eigenvalue weighted by atomic mass is 16.2. The highest BCUT2D eigenvalue weighted by Gasteiger charge is 2.29. The van der Waals surface area contributed by atoms with Crippen molar-refractivity contribution in [3.63, 3.8) is 0 Å². The van der Waals surface area contributed by atoms with Crippen LogP contribution in [0.5, 0.6) is 0 Å². The van der Waals surface area contributed by atoms with Crippen molar-refractivity contribution in [1.82, 2.24) is 5.01 Å². The van der Waals surface area contributed by atoms with Gasteiger partial charge in [-0.15, -0.1) is 0 Å². The van der Waals surface area contributed by atoms with E-state index in [4.69, 9.17) is 0 Å². The average molecular weight is 446 g/mol. The summed E-state index contributed by atoms with van der Waals surface area (Å²) < 4.78 is 0. The standard InChI is InChI=1S/C30H27N3O/c31-22-25-17-18-29(27-16-8-7-15-26(25)27)32-19-9-10-20-33(32)30(34)21-28(23-11-3-1-4-12-23)24-13-5-2-6-14-24/h1-8,11-18,28H,9-10,19-21H2. The van der Waals surface area contributed by atoms with E-state index >= 15 is 0 Å². The van der Waals surface area contributed by atoms with Crippen molar-refractivity contribution >= 4 is 22.4 Å². The van der Waals surface area contributed by atoms with E-state index in [0.717, 1.165) is 47.0 Å². The molecule has 0 aliphatic carbocycles. The molecule has 4 aromatic rings. The molecule has 4 aromatic carbocycles. The molecule has 1 aliphatic rings. The summed E-state index contributed by atoms with van der Waals surface area (Å²) in [4.78, 5) is 13.8. The average Bonchev–Trinajstić information content (AvgIpc) is 2.92. The van der Waals surface area contributed by atoms with Gasteiger partial charge in [0.1, 0.15) is 0 Å². The monoisotopic (exact) mass is 445 g/mol. The lowest BCUT2D eigenvalue weighted by molar-refractivity contribution is -0.132. The number of hydrogen-bond acceptors (Lipinski definition) is 3. The second kappa shape index (κ2) is 9.80. The number of hydrazine groups is 1. The first-order chi connectivity index (χ1) is 16.8. The predicted molar refractivity (Wildman–Crippen MR) is 136 cm³/mol. The number of fused-ring (bicyclic) bond motifs is 1. The van der Waals surface area contributed by atoms with Gasteiger partial charge in [-0.1, -0.05) is 84.9 Å². The zero-order chi connectivity index (χ0) is 23.3. The third-order valence-electron chi connectivity index (χ3n) is 6.65. The topological polar surface area (TPSA) is 47.3 Å². The number of nitriles is 1. The number of hydrogen-bond donors (Lipinski definition) is 0. The van der Waals surface area contributed by atoms with Crippen LogP contribution in [0, 0.1) is 11.3 Å². The Bertz CT molecular complexity index is 1290. The Labute approximate surface area is 200 Å². The van der Waals surface area contributed by atoms with Gasteiger partial charge < -0.3 is 0 Å². The fourth-order valence-electron chi connectivity index (χ4n) is 4.96. The minimum atomic E-state index is -0.00335. The molecule has 34 heavy (non-hydrogen) atoms. The molecule has 168 valence electrons. The van der Waals surface area contributed by atoms with Crippen LogP contribution in [0.4, 0.5) is 5.69 Å². The summed E-state index contributed by atoms with van der Waals surface area (Å²) in [5.41, 5.74) is 3.94. The van der Waals surface area contributed by atoms with Crippen molar-refractivity contribution in [2.45, 2.75) is 25.2 Å². The van der Waals surface area contributed by atoms with Gasteiger partial charge in [0, 0.05) is 36.2 Å². The van der Waals surface area contributed by atoms with Gasteiger partial charge in [0.2, 0.25) is 5.91 Å². The van der Waals surface area contributed by atoms with E-state index in [0.29, 0.717) is 18.5 Å². The SMILES string of the molecule is N#Cc1ccc(N2CCCCN2C(=O)CC(c2ccccc2)c2ccccc2)c2ccccc12. The zero-order valence-electron chi connectivity index (χ0n) is 19.1. The van der Waals surface area contributed by atoms with Crippen LogP contribution in [-0.2, 0) is 4.79 Å². The van der Waals surface area contributed by atoms with Crippen molar-refractivity contribution in [1.29, 1.82) is 5.26 Å². The lowest BCUT2D eigenvalue weighted by Gasteiger charge is -2.41. The fourth-order valence-corrected chi connectivity index (χ4v) is 4.96. The molecule has 4 nitrogen and oxygen atoms in total. The Morgan fingerprint density at radius 3 is 2.00 bits per heavy atom. The number of anilines is 1. The third-order valence-corrected chi connectivity index (χ3v) is 6.65. The van der Waals surface area contributed by atoms with E-state index in [9.17, 15) is 10.1 Å². The minimum absolute atomic E-state index is 0.00335. The van der Waals surface area contributed by atoms with E-state index in [1.54, 1.807) is 0 Å². The van der Waals surface area contributed by atoms with Crippen LogP contribution in [0.1, 0.15) is 41.9 Å². The molecule has 4 heteroatoms. The van der Waals surface area contributed by atoms with E-state index in [1.165, 1.54) is 0 Å². The minimum Gasteiger partial charge on any atom is -0.282 e. The molecule has 0 spiro atoms. The molecule has 1 aliphatic heterocycles. The molecule has 0 bridgehead atoms. The Morgan fingerprint density at radius 1 is 0.765 bits per heavy atom. The first-order valence-electron chi connectivity index (χ1n) is 11.9. The summed E-state index contributed by atoms with van der Waals surface area (Å²) in [6.45, 7) is 1.48. The van der Waals surface area contributed by atoms with E-state index in [2.05, 4.69) is 35.3 Å². The van der Waals surface area contributed by atoms with Crippen LogP contribution in [-0.4, -0.2) is 24.0 Å². The van der Waals surface area contributed by atoms with Crippen molar-refractivity contribution in [2.75, 3.05) is 18.1 Å². The molecule has 1 fully saturated rings. The summed E-state index contributed by atoms with van der Waals surface area (Å²) in [6.07, 6.45) is 2.41. The van der Waals surface area contributed by atoms with Gasteiger partial charge in [-0.25, -0.2) is 0 Å². The van der Waals surface area contributed by atoms with Gasteiger partial charge >= 0.3 is 0 Å². The maximum Gasteiger partial charge on any atom is 0.242 e.